The number of hydrogen-bond acceptors (Lipinski definition) is 7. The topological polar surface area (TPSA) is 86.8 Å². The molecule has 2 N–H and O–H groups in total. The average molecular weight is 382 g/mol. The quantitative estimate of drug-likeness (QED) is 0.610. The van der Waals surface area contributed by atoms with Crippen LogP contribution in [0.3, 0.4) is 0 Å². The number of thiazole rings is 1. The summed E-state index contributed by atoms with van der Waals surface area (Å²) in [6.07, 6.45) is 4.00. The molecule has 1 aromatic heterocycles. The van der Waals surface area contributed by atoms with Crippen molar-refractivity contribution < 1.29 is 14.3 Å². The Morgan fingerprint density at radius 1 is 1.23 bits per heavy atom. The first kappa shape index (κ1) is 19.1. The first-order chi connectivity index (χ1) is 12.7. The van der Waals surface area contributed by atoms with Crippen molar-refractivity contribution in [2.45, 2.75) is 19.3 Å². The van der Waals surface area contributed by atoms with Gasteiger partial charge >= 0.3 is 0 Å². The number of likely N-dealkylation sites (tertiary alicyclic amines) is 1. The Hall–Kier alpha value is -1.71. The maximum Gasteiger partial charge on any atom is 0.263 e. The monoisotopic (exact) mass is 381 g/mol. The van der Waals surface area contributed by atoms with Crippen LogP contribution in [-0.2, 0) is 9.53 Å². The number of anilines is 1. The zero-order valence-corrected chi connectivity index (χ0v) is 15.9. The Morgan fingerprint density at radius 3 is 2.85 bits per heavy atom. The summed E-state index contributed by atoms with van der Waals surface area (Å²) in [5, 5.41) is 6.95. The van der Waals surface area contributed by atoms with Crippen LogP contribution in [-0.4, -0.2) is 85.6 Å². The van der Waals surface area contributed by atoms with Gasteiger partial charge in [0.2, 0.25) is 5.91 Å². The van der Waals surface area contributed by atoms with Crippen LogP contribution in [0, 0.1) is 0 Å². The van der Waals surface area contributed by atoms with Gasteiger partial charge in [0.1, 0.15) is 4.88 Å². The van der Waals surface area contributed by atoms with Crippen LogP contribution in [0.25, 0.3) is 0 Å². The largest absolute Gasteiger partial charge is 0.379 e. The first-order valence-electron chi connectivity index (χ1n) is 9.28. The second-order valence-electron chi connectivity index (χ2n) is 6.50. The van der Waals surface area contributed by atoms with Gasteiger partial charge in [-0.25, -0.2) is 4.98 Å². The lowest BCUT2D eigenvalue weighted by molar-refractivity contribution is -0.127. The molecular weight excluding hydrogens is 354 g/mol. The van der Waals surface area contributed by atoms with Gasteiger partial charge in [-0.05, 0) is 12.8 Å². The number of amides is 2. The van der Waals surface area contributed by atoms with Gasteiger partial charge < -0.3 is 20.3 Å². The summed E-state index contributed by atoms with van der Waals surface area (Å²) < 4.78 is 5.33. The van der Waals surface area contributed by atoms with Crippen molar-refractivity contribution in [1.29, 1.82) is 0 Å². The van der Waals surface area contributed by atoms with Gasteiger partial charge in [-0.15, -0.1) is 0 Å². The number of hydrogen-bond donors (Lipinski definition) is 2. The lowest BCUT2D eigenvalue weighted by atomic mass is 10.3. The van der Waals surface area contributed by atoms with Crippen LogP contribution in [0.15, 0.2) is 6.20 Å². The molecule has 0 spiro atoms. The van der Waals surface area contributed by atoms with Crippen molar-refractivity contribution in [3.63, 3.8) is 0 Å². The Kier molecular flexibility index (Phi) is 7.22. The van der Waals surface area contributed by atoms with Crippen LogP contribution in [0.1, 0.15) is 28.9 Å². The highest BCUT2D eigenvalue weighted by atomic mass is 32.1. The van der Waals surface area contributed by atoms with E-state index in [0.29, 0.717) is 17.8 Å². The van der Waals surface area contributed by atoms with Gasteiger partial charge in [0, 0.05) is 52.2 Å². The highest BCUT2D eigenvalue weighted by molar-refractivity contribution is 7.17. The molecule has 0 aliphatic carbocycles. The lowest BCUT2D eigenvalue weighted by Gasteiger charge is -2.26. The van der Waals surface area contributed by atoms with Crippen molar-refractivity contribution in [1.82, 2.24) is 20.1 Å². The molecule has 9 heteroatoms. The highest BCUT2D eigenvalue weighted by Gasteiger charge is 2.19. The third kappa shape index (κ3) is 5.65. The van der Waals surface area contributed by atoms with Crippen molar-refractivity contribution in [2.24, 2.45) is 0 Å². The molecule has 8 nitrogen and oxygen atoms in total. The zero-order valence-electron chi connectivity index (χ0n) is 15.0. The number of morpholine rings is 1. The van der Waals surface area contributed by atoms with Crippen LogP contribution < -0.4 is 10.6 Å². The van der Waals surface area contributed by atoms with Gasteiger partial charge in [-0.1, -0.05) is 11.3 Å². The van der Waals surface area contributed by atoms with E-state index < -0.39 is 0 Å². The summed E-state index contributed by atoms with van der Waals surface area (Å²) in [5.74, 6) is 0.128. The van der Waals surface area contributed by atoms with E-state index in [2.05, 4.69) is 20.5 Å². The molecule has 0 aromatic carbocycles. The average Bonchev–Trinajstić information content (AvgIpc) is 3.29. The second-order valence-corrected chi connectivity index (χ2v) is 7.53. The predicted molar refractivity (Wildman–Crippen MR) is 101 cm³/mol. The lowest BCUT2D eigenvalue weighted by Crippen LogP contribution is -2.38. The minimum atomic E-state index is -0.100. The molecule has 26 heavy (non-hydrogen) atoms. The summed E-state index contributed by atoms with van der Waals surface area (Å²) >= 11 is 1.37. The Balaban J connectivity index is 1.31. The molecular formula is C17H27N5O3S. The smallest absolute Gasteiger partial charge is 0.263 e. The predicted octanol–water partition coefficient (Wildman–Crippen LogP) is 0.630. The number of carbonyl (C=O) groups excluding carboxylic acids is 2. The molecule has 0 radical (unpaired) electrons. The molecule has 144 valence electrons. The fourth-order valence-electron chi connectivity index (χ4n) is 3.11. The van der Waals surface area contributed by atoms with E-state index in [1.54, 1.807) is 6.20 Å². The summed E-state index contributed by atoms with van der Waals surface area (Å²) in [4.78, 5) is 32.8. The van der Waals surface area contributed by atoms with Gasteiger partial charge in [-0.2, -0.15) is 0 Å². The van der Waals surface area contributed by atoms with Crippen molar-refractivity contribution >= 4 is 28.3 Å². The van der Waals surface area contributed by atoms with E-state index in [1.807, 2.05) is 4.90 Å². The third-order valence-electron chi connectivity index (χ3n) is 4.60. The van der Waals surface area contributed by atoms with Crippen LogP contribution >= 0.6 is 11.3 Å². The van der Waals surface area contributed by atoms with Crippen LogP contribution in [0.2, 0.25) is 0 Å². The maximum absolute atomic E-state index is 12.2. The normalized spacial score (nSPS) is 18.3. The third-order valence-corrected chi connectivity index (χ3v) is 5.55. The summed E-state index contributed by atoms with van der Waals surface area (Å²) in [6.45, 7) is 7.42. The molecule has 0 unspecified atom stereocenters. The summed E-state index contributed by atoms with van der Waals surface area (Å²) in [6, 6.07) is 0. The van der Waals surface area contributed by atoms with Gasteiger partial charge in [-0.3, -0.25) is 14.5 Å². The molecule has 2 fully saturated rings. The van der Waals surface area contributed by atoms with Gasteiger partial charge in [0.15, 0.2) is 5.13 Å². The van der Waals surface area contributed by atoms with Crippen LogP contribution in [0.5, 0.6) is 0 Å². The second kappa shape index (κ2) is 9.84. The molecule has 1 aromatic rings. The number of carbonyl (C=O) groups is 2. The van der Waals surface area contributed by atoms with Crippen molar-refractivity contribution in [3.05, 3.63) is 11.1 Å². The van der Waals surface area contributed by atoms with E-state index in [-0.39, 0.29) is 11.8 Å². The van der Waals surface area contributed by atoms with E-state index in [4.69, 9.17) is 4.74 Å². The highest BCUT2D eigenvalue weighted by Crippen LogP contribution is 2.17. The molecule has 0 bridgehead atoms. The zero-order chi connectivity index (χ0) is 18.2. The standard InChI is InChI=1S/C17H27N5O3S/c23-15-3-1-6-22(15)7-2-4-18-16(24)14-13-20-17(26-14)19-5-8-21-9-11-25-12-10-21/h13H,1-12H2,(H,18,24)(H,19,20). The minimum absolute atomic E-state index is 0.100. The first-order valence-corrected chi connectivity index (χ1v) is 10.1. The Labute approximate surface area is 157 Å². The minimum Gasteiger partial charge on any atom is -0.379 e. The Morgan fingerprint density at radius 2 is 2.08 bits per heavy atom. The number of nitrogens with one attached hydrogen (secondary N) is 2. The summed E-state index contributed by atoms with van der Waals surface area (Å²) in [5.41, 5.74) is 0. The van der Waals surface area contributed by atoms with Gasteiger partial charge in [0.25, 0.3) is 5.91 Å². The molecule has 0 saturated carbocycles. The van der Waals surface area contributed by atoms with E-state index in [0.717, 1.165) is 70.5 Å². The van der Waals surface area contributed by atoms with Gasteiger partial charge in [0.05, 0.1) is 19.4 Å². The molecule has 2 aliphatic rings. The van der Waals surface area contributed by atoms with Crippen molar-refractivity contribution in [2.75, 3.05) is 64.3 Å². The Bertz CT molecular complexity index is 603. The summed E-state index contributed by atoms with van der Waals surface area (Å²) in [7, 11) is 0. The molecule has 3 heterocycles. The van der Waals surface area contributed by atoms with E-state index in [1.165, 1.54) is 11.3 Å². The molecule has 2 aliphatic heterocycles. The number of ether oxygens (including phenoxy) is 1. The number of rotatable bonds is 9. The van der Waals surface area contributed by atoms with E-state index in [9.17, 15) is 9.59 Å². The molecule has 2 amide bonds. The molecule has 0 atom stereocenters. The van der Waals surface area contributed by atoms with E-state index >= 15 is 0 Å². The molecule has 2 saturated heterocycles. The fraction of sp³-hybridized carbons (Fsp3) is 0.706. The SMILES string of the molecule is O=C(NCCCN1CCCC1=O)c1cnc(NCCN2CCOCC2)s1. The molecule has 3 rings (SSSR count). The fourth-order valence-corrected chi connectivity index (χ4v) is 3.86. The number of aromatic nitrogens is 1. The van der Waals surface area contributed by atoms with Crippen molar-refractivity contribution in [3.8, 4) is 0 Å². The van der Waals surface area contributed by atoms with Crippen LogP contribution in [0.4, 0.5) is 5.13 Å². The number of nitrogens with zero attached hydrogens (tertiary/aromatic N) is 3. The maximum atomic E-state index is 12.2.